The maximum atomic E-state index is 11.4. The smallest absolute Gasteiger partial charge is 0.234 e. The number of nitrogens with one attached hydrogen (secondary N) is 1. The predicted molar refractivity (Wildman–Crippen MR) is 58.3 cm³/mol. The standard InChI is InChI=1S/C10H21N3O2/c11-3-4-12-10(15)7-13-5-1-9(8-14)2-6-13/h9,14H,1-8,11H2,(H,12,15). The quantitative estimate of drug-likeness (QED) is 0.536. The van der Waals surface area contributed by atoms with Crippen LogP contribution in [0.3, 0.4) is 0 Å². The van der Waals surface area contributed by atoms with Gasteiger partial charge < -0.3 is 16.2 Å². The Bertz CT molecular complexity index is 191. The van der Waals surface area contributed by atoms with Crippen molar-refractivity contribution in [3.63, 3.8) is 0 Å². The second kappa shape index (κ2) is 6.76. The first-order valence-electron chi connectivity index (χ1n) is 5.56. The molecule has 0 aromatic carbocycles. The second-order valence-electron chi connectivity index (χ2n) is 4.04. The number of aliphatic hydroxyl groups is 1. The average Bonchev–Trinajstić information content (AvgIpc) is 2.27. The van der Waals surface area contributed by atoms with Crippen LogP contribution in [-0.4, -0.2) is 55.2 Å². The molecule has 1 fully saturated rings. The minimum absolute atomic E-state index is 0.0444. The van der Waals surface area contributed by atoms with Gasteiger partial charge in [-0.2, -0.15) is 0 Å². The first-order chi connectivity index (χ1) is 7.26. The van der Waals surface area contributed by atoms with Crippen LogP contribution in [0.4, 0.5) is 0 Å². The Morgan fingerprint density at radius 2 is 2.13 bits per heavy atom. The molecule has 0 saturated carbocycles. The molecule has 15 heavy (non-hydrogen) atoms. The summed E-state index contributed by atoms with van der Waals surface area (Å²) in [5, 5.41) is 11.7. The first-order valence-corrected chi connectivity index (χ1v) is 5.56. The maximum absolute atomic E-state index is 11.4. The molecule has 1 amide bonds. The summed E-state index contributed by atoms with van der Waals surface area (Å²) in [6.07, 6.45) is 1.97. The molecule has 0 radical (unpaired) electrons. The van der Waals surface area contributed by atoms with Crippen LogP contribution in [0.15, 0.2) is 0 Å². The molecule has 1 rings (SSSR count). The van der Waals surface area contributed by atoms with Crippen LogP contribution in [0.2, 0.25) is 0 Å². The summed E-state index contributed by atoms with van der Waals surface area (Å²) in [5.41, 5.74) is 5.29. The summed E-state index contributed by atoms with van der Waals surface area (Å²) in [6.45, 7) is 3.57. The van der Waals surface area contributed by atoms with E-state index >= 15 is 0 Å². The van der Waals surface area contributed by atoms with Crippen molar-refractivity contribution in [3.8, 4) is 0 Å². The normalized spacial score (nSPS) is 19.1. The van der Waals surface area contributed by atoms with Gasteiger partial charge in [0, 0.05) is 19.7 Å². The lowest BCUT2D eigenvalue weighted by atomic mass is 9.98. The Morgan fingerprint density at radius 3 is 2.67 bits per heavy atom. The minimum atomic E-state index is 0.0444. The van der Waals surface area contributed by atoms with Crippen LogP contribution in [0, 0.1) is 5.92 Å². The van der Waals surface area contributed by atoms with Gasteiger partial charge in [-0.05, 0) is 31.8 Å². The van der Waals surface area contributed by atoms with Gasteiger partial charge in [0.2, 0.25) is 5.91 Å². The molecule has 0 aliphatic carbocycles. The number of hydrogen-bond donors (Lipinski definition) is 3. The molecular formula is C10H21N3O2. The van der Waals surface area contributed by atoms with Crippen LogP contribution in [0.25, 0.3) is 0 Å². The highest BCUT2D eigenvalue weighted by Crippen LogP contribution is 2.15. The van der Waals surface area contributed by atoms with Gasteiger partial charge in [-0.3, -0.25) is 9.69 Å². The Balaban J connectivity index is 2.15. The summed E-state index contributed by atoms with van der Waals surface area (Å²) >= 11 is 0. The molecule has 1 aliphatic rings. The van der Waals surface area contributed by atoms with Gasteiger partial charge in [0.1, 0.15) is 0 Å². The molecule has 5 nitrogen and oxygen atoms in total. The molecule has 1 aliphatic heterocycles. The van der Waals surface area contributed by atoms with Crippen molar-refractivity contribution in [3.05, 3.63) is 0 Å². The van der Waals surface area contributed by atoms with Crippen molar-refractivity contribution in [2.24, 2.45) is 11.7 Å². The zero-order chi connectivity index (χ0) is 11.1. The number of carbonyl (C=O) groups is 1. The van der Waals surface area contributed by atoms with Crippen LogP contribution in [0.1, 0.15) is 12.8 Å². The summed E-state index contributed by atoms with van der Waals surface area (Å²) in [5.74, 6) is 0.469. The number of nitrogens with zero attached hydrogens (tertiary/aromatic N) is 1. The fraction of sp³-hybridized carbons (Fsp3) is 0.900. The van der Waals surface area contributed by atoms with E-state index in [0.29, 0.717) is 25.6 Å². The summed E-state index contributed by atoms with van der Waals surface area (Å²) in [7, 11) is 0. The van der Waals surface area contributed by atoms with Gasteiger partial charge in [0.15, 0.2) is 0 Å². The van der Waals surface area contributed by atoms with Crippen LogP contribution in [-0.2, 0) is 4.79 Å². The topological polar surface area (TPSA) is 78.6 Å². The highest BCUT2D eigenvalue weighted by molar-refractivity contribution is 5.77. The van der Waals surface area contributed by atoms with E-state index in [2.05, 4.69) is 10.2 Å². The summed E-state index contributed by atoms with van der Waals surface area (Å²) in [4.78, 5) is 13.5. The van der Waals surface area contributed by atoms with E-state index in [1.54, 1.807) is 0 Å². The fourth-order valence-electron chi connectivity index (χ4n) is 1.80. The molecule has 4 N–H and O–H groups in total. The molecule has 0 spiro atoms. The lowest BCUT2D eigenvalue weighted by Gasteiger charge is -2.30. The number of hydrogen-bond acceptors (Lipinski definition) is 4. The highest BCUT2D eigenvalue weighted by Gasteiger charge is 2.19. The van der Waals surface area contributed by atoms with Gasteiger partial charge >= 0.3 is 0 Å². The minimum Gasteiger partial charge on any atom is -0.396 e. The molecule has 0 bridgehead atoms. The maximum Gasteiger partial charge on any atom is 0.234 e. The first kappa shape index (κ1) is 12.4. The van der Waals surface area contributed by atoms with Crippen molar-refractivity contribution >= 4 is 5.91 Å². The molecule has 1 heterocycles. The van der Waals surface area contributed by atoms with Crippen molar-refractivity contribution in [1.82, 2.24) is 10.2 Å². The van der Waals surface area contributed by atoms with E-state index in [1.807, 2.05) is 0 Å². The second-order valence-corrected chi connectivity index (χ2v) is 4.04. The molecule has 0 aromatic rings. The fourth-order valence-corrected chi connectivity index (χ4v) is 1.80. The zero-order valence-corrected chi connectivity index (χ0v) is 9.11. The number of amides is 1. The van der Waals surface area contributed by atoms with E-state index in [0.717, 1.165) is 25.9 Å². The lowest BCUT2D eigenvalue weighted by Crippen LogP contribution is -2.42. The van der Waals surface area contributed by atoms with Crippen LogP contribution < -0.4 is 11.1 Å². The largest absolute Gasteiger partial charge is 0.396 e. The number of carbonyl (C=O) groups excluding carboxylic acids is 1. The van der Waals surface area contributed by atoms with Gasteiger partial charge in [0.25, 0.3) is 0 Å². The predicted octanol–water partition coefficient (Wildman–Crippen LogP) is -1.23. The Morgan fingerprint density at radius 1 is 1.47 bits per heavy atom. The zero-order valence-electron chi connectivity index (χ0n) is 9.11. The number of likely N-dealkylation sites (tertiary alicyclic amines) is 1. The molecule has 0 atom stereocenters. The molecule has 0 unspecified atom stereocenters. The van der Waals surface area contributed by atoms with Gasteiger partial charge in [-0.25, -0.2) is 0 Å². The van der Waals surface area contributed by atoms with Crippen molar-refractivity contribution in [2.75, 3.05) is 39.3 Å². The number of piperidine rings is 1. The van der Waals surface area contributed by atoms with Crippen molar-refractivity contribution in [2.45, 2.75) is 12.8 Å². The molecule has 5 heteroatoms. The van der Waals surface area contributed by atoms with Crippen molar-refractivity contribution in [1.29, 1.82) is 0 Å². The monoisotopic (exact) mass is 215 g/mol. The van der Waals surface area contributed by atoms with Crippen LogP contribution >= 0.6 is 0 Å². The third-order valence-corrected chi connectivity index (χ3v) is 2.80. The SMILES string of the molecule is NCCNC(=O)CN1CCC(CO)CC1. The van der Waals surface area contributed by atoms with E-state index in [-0.39, 0.29) is 12.5 Å². The van der Waals surface area contributed by atoms with Gasteiger partial charge in [-0.15, -0.1) is 0 Å². The van der Waals surface area contributed by atoms with Gasteiger partial charge in [0.05, 0.1) is 6.54 Å². The third-order valence-electron chi connectivity index (χ3n) is 2.80. The molecule has 1 saturated heterocycles. The summed E-state index contributed by atoms with van der Waals surface area (Å²) in [6, 6.07) is 0. The highest BCUT2D eigenvalue weighted by atomic mass is 16.3. The number of nitrogens with two attached hydrogens (primary N) is 1. The molecule has 88 valence electrons. The Kier molecular flexibility index (Phi) is 5.60. The van der Waals surface area contributed by atoms with E-state index in [1.165, 1.54) is 0 Å². The van der Waals surface area contributed by atoms with Crippen LogP contribution in [0.5, 0.6) is 0 Å². The number of rotatable bonds is 5. The molecule has 0 aromatic heterocycles. The lowest BCUT2D eigenvalue weighted by molar-refractivity contribution is -0.122. The third kappa shape index (κ3) is 4.59. The van der Waals surface area contributed by atoms with E-state index in [4.69, 9.17) is 10.8 Å². The van der Waals surface area contributed by atoms with Crippen molar-refractivity contribution < 1.29 is 9.90 Å². The molecular weight excluding hydrogens is 194 g/mol. The van der Waals surface area contributed by atoms with E-state index in [9.17, 15) is 4.79 Å². The van der Waals surface area contributed by atoms with E-state index < -0.39 is 0 Å². The van der Waals surface area contributed by atoms with Gasteiger partial charge in [-0.1, -0.05) is 0 Å². The summed E-state index contributed by atoms with van der Waals surface area (Å²) < 4.78 is 0. The Labute approximate surface area is 90.6 Å². The average molecular weight is 215 g/mol. The Hall–Kier alpha value is -0.650. The number of aliphatic hydroxyl groups excluding tert-OH is 1.